The summed E-state index contributed by atoms with van der Waals surface area (Å²) in [7, 11) is -4.28. The second-order valence-electron chi connectivity index (χ2n) is 17.4. The van der Waals surface area contributed by atoms with Crippen molar-refractivity contribution >= 4 is 60.3 Å². The molecule has 2 aromatic carbocycles. The highest BCUT2D eigenvalue weighted by Crippen LogP contribution is 2.48. The van der Waals surface area contributed by atoms with E-state index in [4.69, 9.17) is 9.47 Å². The summed E-state index contributed by atoms with van der Waals surface area (Å²) in [5.74, 6) is -0.621. The van der Waals surface area contributed by atoms with E-state index >= 15 is 8.78 Å². The second-order valence-corrected chi connectivity index (χ2v) is 21.0. The molecule has 1 saturated heterocycles. The van der Waals surface area contributed by atoms with E-state index < -0.39 is 37.2 Å². The summed E-state index contributed by atoms with van der Waals surface area (Å²) < 4.78 is 103. The first-order valence-electron chi connectivity index (χ1n) is 21.9. The van der Waals surface area contributed by atoms with Crippen LogP contribution in [0.25, 0.3) is 44.3 Å². The molecule has 20 heteroatoms. The molecule has 3 fully saturated rings. The summed E-state index contributed by atoms with van der Waals surface area (Å²) >= 11 is 0. The van der Waals surface area contributed by atoms with Crippen molar-refractivity contribution < 1.29 is 39.9 Å². The monoisotopic (exact) mass is 1020 g/mol. The average Bonchev–Trinajstić information content (AvgIpc) is 4.20. The third-order valence-electron chi connectivity index (χ3n) is 13.1. The number of carbonyl (C=O) groups excluding carboxylic acids is 1. The van der Waals surface area contributed by atoms with E-state index in [0.29, 0.717) is 64.6 Å². The van der Waals surface area contributed by atoms with Crippen LogP contribution in [0.2, 0.25) is 0 Å². The number of alkyl halides is 2. The number of Topliss-reactive ketones (excluding diaryl/α,β-unsaturated/α-hetero) is 1. The Morgan fingerprint density at radius 2 is 0.971 bits per heavy atom. The molecule has 70 heavy (non-hydrogen) atoms. The Labute approximate surface area is 412 Å². The molecule has 0 atom stereocenters. The number of benzene rings is 2. The summed E-state index contributed by atoms with van der Waals surface area (Å²) in [5, 5.41) is 9.50. The molecule has 0 radical (unpaired) electrons. The molecule has 2 saturated carbocycles. The summed E-state index contributed by atoms with van der Waals surface area (Å²) in [4.78, 5) is 20.8. The normalized spacial score (nSPS) is 17.3. The van der Waals surface area contributed by atoms with E-state index in [1.165, 1.54) is 34.7 Å². The Morgan fingerprint density at radius 1 is 0.571 bits per heavy atom. The maximum atomic E-state index is 16.2. The van der Waals surface area contributed by atoms with Gasteiger partial charge in [-0.15, -0.1) is 12.4 Å². The lowest BCUT2D eigenvalue weighted by Gasteiger charge is -2.39. The molecule has 0 amide bonds. The van der Waals surface area contributed by atoms with E-state index in [2.05, 4.69) is 20.2 Å². The number of pyridine rings is 2. The number of nitrogens with zero attached hydrogens (tertiary/aromatic N) is 8. The number of halogens is 3. The highest BCUT2D eigenvalue weighted by molar-refractivity contribution is 7.90. The third-order valence-corrected chi connectivity index (χ3v) is 16.4. The van der Waals surface area contributed by atoms with E-state index in [1.807, 2.05) is 0 Å². The quantitative estimate of drug-likeness (QED) is 0.142. The first-order valence-corrected chi connectivity index (χ1v) is 24.8. The minimum Gasteiger partial charge on any atom is -0.348 e. The number of ether oxygens (including phenoxy) is 2. The first-order chi connectivity index (χ1) is 32.1. The predicted molar refractivity (Wildman–Crippen MR) is 265 cm³/mol. The van der Waals surface area contributed by atoms with Crippen LogP contribution in [0.5, 0.6) is 0 Å². The van der Waals surface area contributed by atoms with Crippen LogP contribution in [-0.4, -0.2) is 79.1 Å². The summed E-state index contributed by atoms with van der Waals surface area (Å²) in [6, 6.07) is 19.7. The Kier molecular flexibility index (Phi) is 14.5. The van der Waals surface area contributed by atoms with Gasteiger partial charge in [0.05, 0.1) is 35.4 Å². The molecule has 11 rings (SSSR count). The van der Waals surface area contributed by atoms with E-state index in [-0.39, 0.29) is 92.7 Å². The molecule has 0 bridgehead atoms. The van der Waals surface area contributed by atoms with E-state index in [1.54, 1.807) is 115 Å². The van der Waals surface area contributed by atoms with Crippen LogP contribution >= 0.6 is 12.4 Å². The van der Waals surface area contributed by atoms with Crippen LogP contribution in [0.15, 0.2) is 132 Å². The molecule has 370 valence electrons. The number of aromatic nitrogens is 8. The van der Waals surface area contributed by atoms with Crippen LogP contribution in [0.4, 0.5) is 8.78 Å². The molecule has 3 aliphatic rings. The van der Waals surface area contributed by atoms with E-state index in [9.17, 15) is 21.6 Å². The highest BCUT2D eigenvalue weighted by atomic mass is 35.5. The molecule has 0 N–H and O–H groups in total. The molecule has 8 aromatic rings. The lowest BCUT2D eigenvalue weighted by molar-refractivity contribution is -0.194. The van der Waals surface area contributed by atoms with Crippen LogP contribution in [0.3, 0.4) is 0 Å². The topological polar surface area (TPSA) is 175 Å². The number of ketones is 1. The molecule has 2 aliphatic carbocycles. The smallest absolute Gasteiger partial charge is 0.269 e. The molecule has 0 unspecified atom stereocenters. The summed E-state index contributed by atoms with van der Waals surface area (Å²) in [5.41, 5.74) is 0.623. The van der Waals surface area contributed by atoms with Gasteiger partial charge >= 0.3 is 0 Å². The SMILES string of the molecule is C.C.Cl.Cn1cc(-c2cn(S(=O)(=O)c3ccccc3)c3ncc(C4(F)CCC(=O)CC4)cc23)cn1.Cn1cc(-c2cn(S(=O)(=O)c3ccccc3)c3ncc(C4(F)CCC5(CC4)OCCO5)cc23)cn1. The highest BCUT2D eigenvalue weighted by Gasteiger charge is 2.48. The fraction of sp³-hybridized carbons (Fsp3) is 0.340. The molecular formula is C50H55ClF2N8O7S2. The zero-order chi connectivity index (χ0) is 46.8. The van der Waals surface area contributed by atoms with Gasteiger partial charge in [-0.2, -0.15) is 10.2 Å². The van der Waals surface area contributed by atoms with Crippen LogP contribution < -0.4 is 0 Å². The first kappa shape index (κ1) is 51.7. The van der Waals surface area contributed by atoms with Crippen molar-refractivity contribution in [2.24, 2.45) is 14.1 Å². The minimum absolute atomic E-state index is 0. The Balaban J connectivity index is 0.000000199. The lowest BCUT2D eigenvalue weighted by Crippen LogP contribution is -2.40. The molecule has 7 heterocycles. The largest absolute Gasteiger partial charge is 0.348 e. The van der Waals surface area contributed by atoms with Gasteiger partial charge in [-0.05, 0) is 62.1 Å². The molecule has 1 aliphatic heterocycles. The van der Waals surface area contributed by atoms with Gasteiger partial charge in [0.25, 0.3) is 20.0 Å². The maximum absolute atomic E-state index is 16.2. The number of aryl methyl sites for hydroxylation is 2. The number of carbonyl (C=O) groups is 1. The van der Waals surface area contributed by atoms with Crippen molar-refractivity contribution in [3.8, 4) is 22.3 Å². The zero-order valence-electron chi connectivity index (χ0n) is 37.0. The number of hydrogen-bond acceptors (Lipinski definition) is 11. The summed E-state index contributed by atoms with van der Waals surface area (Å²) in [6.07, 6.45) is 14.7. The molecular weight excluding hydrogens is 962 g/mol. The van der Waals surface area contributed by atoms with Gasteiger partial charge in [-0.25, -0.2) is 43.5 Å². The van der Waals surface area contributed by atoms with Crippen LogP contribution in [0, 0.1) is 0 Å². The fourth-order valence-electron chi connectivity index (χ4n) is 9.32. The standard InChI is InChI=1S/C25H25FN4O4S.C23H21FN4O3S.2CH4.ClH/c1-29-16-18(14-28-29)22-17-30(35(31,32)20-5-3-2-4-6-20)23-21(22)13-19(15-27-23)24(26)7-9-25(10-8-24)33-11-12-34-25;1-27-14-16(12-26-27)21-15-28(32(30,31)19-5-3-2-4-6-19)22-20(21)11-17(13-25-22)23(24)9-7-18(29)8-10-23;;;/h2-6,13-17H,7-12H2,1H3;2-6,11-15H,7-10H2,1H3;2*1H4;1H. The maximum Gasteiger partial charge on any atom is 0.269 e. The fourth-order valence-corrected chi connectivity index (χ4v) is 12.0. The number of fused-ring (bicyclic) bond motifs is 2. The third kappa shape index (κ3) is 9.32. The van der Waals surface area contributed by atoms with Gasteiger partial charge in [0, 0.05) is 121 Å². The summed E-state index contributed by atoms with van der Waals surface area (Å²) in [6.45, 7) is 1.06. The Bertz CT molecular complexity index is 3390. The molecule has 6 aromatic heterocycles. The van der Waals surface area contributed by atoms with Crippen molar-refractivity contribution in [2.75, 3.05) is 13.2 Å². The van der Waals surface area contributed by atoms with Crippen LogP contribution in [0.1, 0.15) is 77.3 Å². The second kappa shape index (κ2) is 19.6. The lowest BCUT2D eigenvalue weighted by atomic mass is 9.78. The van der Waals surface area contributed by atoms with Crippen molar-refractivity contribution in [3.05, 3.63) is 133 Å². The van der Waals surface area contributed by atoms with Crippen LogP contribution in [-0.2, 0) is 59.7 Å². The van der Waals surface area contributed by atoms with Gasteiger partial charge in [-0.1, -0.05) is 51.3 Å². The molecule has 1 spiro atoms. The van der Waals surface area contributed by atoms with E-state index in [0.717, 1.165) is 9.54 Å². The van der Waals surface area contributed by atoms with Gasteiger partial charge in [-0.3, -0.25) is 14.2 Å². The Morgan fingerprint density at radius 3 is 1.36 bits per heavy atom. The predicted octanol–water partition coefficient (Wildman–Crippen LogP) is 9.83. The Hall–Kier alpha value is -6.12. The van der Waals surface area contributed by atoms with Crippen molar-refractivity contribution in [3.63, 3.8) is 0 Å². The van der Waals surface area contributed by atoms with Crippen molar-refractivity contribution in [1.29, 1.82) is 0 Å². The number of rotatable bonds is 8. The molecule has 15 nitrogen and oxygen atoms in total. The van der Waals surface area contributed by atoms with Crippen molar-refractivity contribution in [2.45, 2.75) is 93.1 Å². The van der Waals surface area contributed by atoms with Gasteiger partial charge < -0.3 is 9.47 Å². The van der Waals surface area contributed by atoms with Gasteiger partial charge in [0.1, 0.15) is 17.1 Å². The van der Waals surface area contributed by atoms with Gasteiger partial charge in [0.2, 0.25) is 0 Å². The van der Waals surface area contributed by atoms with Crippen molar-refractivity contribution in [1.82, 2.24) is 37.5 Å². The average molecular weight is 1020 g/mol. The number of hydrogen-bond donors (Lipinski definition) is 0. The minimum atomic E-state index is -3.92. The zero-order valence-corrected chi connectivity index (χ0v) is 39.5. The van der Waals surface area contributed by atoms with Gasteiger partial charge in [0.15, 0.2) is 17.1 Å².